The van der Waals surface area contributed by atoms with Crippen LogP contribution in [0.2, 0.25) is 0 Å². The third kappa shape index (κ3) is 4.52. The van der Waals surface area contributed by atoms with Gasteiger partial charge in [-0.05, 0) is 96.1 Å². The van der Waals surface area contributed by atoms with Gasteiger partial charge in [0.25, 0.3) is 0 Å². The van der Waals surface area contributed by atoms with Crippen LogP contribution < -0.4 is 0 Å². The zero-order valence-electron chi connectivity index (χ0n) is 27.0. The molecule has 50 heavy (non-hydrogen) atoms. The highest BCUT2D eigenvalue weighted by atomic mass is 15.0. The van der Waals surface area contributed by atoms with E-state index in [1.807, 2.05) is 48.9 Å². The maximum Gasteiger partial charge on any atom is 0.145 e. The van der Waals surface area contributed by atoms with Crippen LogP contribution >= 0.6 is 0 Å². The third-order valence-electron chi connectivity index (χ3n) is 9.65. The van der Waals surface area contributed by atoms with Gasteiger partial charge >= 0.3 is 0 Å². The highest BCUT2D eigenvalue weighted by Gasteiger charge is 2.18. The number of pyridine rings is 3. The van der Waals surface area contributed by atoms with E-state index < -0.39 is 0 Å². The van der Waals surface area contributed by atoms with E-state index >= 15 is 0 Å². The van der Waals surface area contributed by atoms with Crippen LogP contribution in [0.15, 0.2) is 176 Å². The normalized spacial score (nSPS) is 11.6. The maximum atomic E-state index is 4.94. The van der Waals surface area contributed by atoms with Crippen LogP contribution in [-0.4, -0.2) is 24.1 Å². The minimum atomic E-state index is 0.906. The van der Waals surface area contributed by atoms with Crippen LogP contribution in [-0.2, 0) is 0 Å². The van der Waals surface area contributed by atoms with E-state index in [1.165, 1.54) is 21.8 Å². The van der Waals surface area contributed by atoms with Gasteiger partial charge < -0.3 is 4.57 Å². The molecule has 0 amide bonds. The third-order valence-corrected chi connectivity index (χ3v) is 9.65. The summed E-state index contributed by atoms with van der Waals surface area (Å²) in [4.78, 5) is 14.4. The van der Waals surface area contributed by atoms with Gasteiger partial charge in [-0.25, -0.2) is 4.98 Å². The van der Waals surface area contributed by atoms with E-state index in [2.05, 4.69) is 137 Å². The number of benzene rings is 5. The molecular weight excluding hydrogens is 611 g/mol. The number of para-hydroxylation sites is 2. The second-order valence-corrected chi connectivity index (χ2v) is 12.6. The summed E-state index contributed by atoms with van der Waals surface area (Å²) in [5, 5.41) is 4.74. The molecule has 5 heteroatoms. The van der Waals surface area contributed by atoms with Gasteiger partial charge in [0.2, 0.25) is 0 Å². The Hall–Kier alpha value is -6.85. The van der Waals surface area contributed by atoms with Crippen molar-refractivity contribution in [3.63, 3.8) is 0 Å². The quantitative estimate of drug-likeness (QED) is 0.188. The summed E-state index contributed by atoms with van der Waals surface area (Å²) in [7, 11) is 0. The summed E-state index contributed by atoms with van der Waals surface area (Å²) in [6.07, 6.45) is 5.55. The van der Waals surface area contributed by atoms with Gasteiger partial charge in [-0.3, -0.25) is 14.5 Å². The summed E-state index contributed by atoms with van der Waals surface area (Å²) in [6, 6.07) is 55.7. The molecule has 10 rings (SSSR count). The Labute approximate surface area is 288 Å². The average molecular weight is 640 g/mol. The van der Waals surface area contributed by atoms with Crippen LogP contribution in [0.4, 0.5) is 0 Å². The molecule has 10 aromatic rings. The molecule has 5 heterocycles. The first kappa shape index (κ1) is 28.2. The zero-order chi connectivity index (χ0) is 33.0. The Balaban J connectivity index is 1.22. The van der Waals surface area contributed by atoms with Crippen LogP contribution in [0.25, 0.3) is 88.8 Å². The van der Waals surface area contributed by atoms with E-state index in [0.717, 1.165) is 67.0 Å². The Kier molecular flexibility index (Phi) is 6.42. The number of aromatic nitrogens is 5. The van der Waals surface area contributed by atoms with Crippen molar-refractivity contribution in [1.82, 2.24) is 24.1 Å². The SMILES string of the molecule is c1ccc(-n2c3ccccc3c3ccc(-c4ccc5c6cccnc6n(-c6cc(-c7ccccn7)cc(-c7ccccn7)c6)c5c4)cc32)cc1. The van der Waals surface area contributed by atoms with Gasteiger partial charge in [0, 0.05) is 62.6 Å². The Morgan fingerprint density at radius 2 is 0.880 bits per heavy atom. The van der Waals surface area contributed by atoms with E-state index in [9.17, 15) is 0 Å². The highest BCUT2D eigenvalue weighted by Crippen LogP contribution is 2.39. The first-order chi connectivity index (χ1) is 24.8. The minimum Gasteiger partial charge on any atom is -0.309 e. The zero-order valence-corrected chi connectivity index (χ0v) is 27.0. The van der Waals surface area contributed by atoms with Crippen molar-refractivity contribution in [3.8, 4) is 45.0 Å². The fraction of sp³-hybridized carbons (Fsp3) is 0. The van der Waals surface area contributed by atoms with Crippen LogP contribution in [0.5, 0.6) is 0 Å². The molecule has 5 aromatic heterocycles. The number of nitrogens with zero attached hydrogens (tertiary/aromatic N) is 5. The number of fused-ring (bicyclic) bond motifs is 6. The van der Waals surface area contributed by atoms with Gasteiger partial charge in [-0.2, -0.15) is 0 Å². The molecule has 5 nitrogen and oxygen atoms in total. The summed E-state index contributed by atoms with van der Waals surface area (Å²) in [5.41, 5.74) is 12.7. The predicted octanol–water partition coefficient (Wildman–Crippen LogP) is 11.1. The van der Waals surface area contributed by atoms with Gasteiger partial charge in [-0.1, -0.05) is 72.8 Å². The van der Waals surface area contributed by atoms with Crippen molar-refractivity contribution in [2.45, 2.75) is 0 Å². The standard InChI is InChI=1S/C45H29N5/c1-2-11-34(12-3-1)49-42-17-5-4-13-36(42)37-20-18-30(28-43(37)49)31-19-21-38-39-14-10-24-48-45(39)50(44(38)29-31)35-26-32(40-15-6-8-22-46-40)25-33(27-35)41-16-7-9-23-47-41/h1-29H. The van der Waals surface area contributed by atoms with E-state index in [1.54, 1.807) is 0 Å². The Morgan fingerprint density at radius 3 is 1.56 bits per heavy atom. The lowest BCUT2D eigenvalue weighted by Gasteiger charge is -2.13. The fourth-order valence-electron chi connectivity index (χ4n) is 7.39. The molecular formula is C45H29N5. The molecule has 0 aliphatic heterocycles. The molecule has 0 saturated heterocycles. The summed E-state index contributed by atoms with van der Waals surface area (Å²) in [6.45, 7) is 0. The molecule has 0 N–H and O–H groups in total. The van der Waals surface area contributed by atoms with Gasteiger partial charge in [-0.15, -0.1) is 0 Å². The molecule has 0 spiro atoms. The predicted molar refractivity (Wildman–Crippen MR) is 205 cm³/mol. The molecule has 0 aliphatic rings. The van der Waals surface area contributed by atoms with Crippen molar-refractivity contribution in [1.29, 1.82) is 0 Å². The smallest absolute Gasteiger partial charge is 0.145 e. The molecule has 0 bridgehead atoms. The molecule has 0 atom stereocenters. The average Bonchev–Trinajstić information content (AvgIpc) is 3.71. The molecule has 0 radical (unpaired) electrons. The molecule has 0 fully saturated rings. The van der Waals surface area contributed by atoms with Crippen molar-refractivity contribution in [2.24, 2.45) is 0 Å². The molecule has 234 valence electrons. The number of hydrogen-bond donors (Lipinski definition) is 0. The second-order valence-electron chi connectivity index (χ2n) is 12.6. The number of rotatable bonds is 5. The van der Waals surface area contributed by atoms with E-state index in [-0.39, 0.29) is 0 Å². The topological polar surface area (TPSA) is 48.5 Å². The van der Waals surface area contributed by atoms with Crippen LogP contribution in [0.3, 0.4) is 0 Å². The molecule has 0 aliphatic carbocycles. The van der Waals surface area contributed by atoms with E-state index in [0.29, 0.717) is 0 Å². The van der Waals surface area contributed by atoms with Gasteiger partial charge in [0.15, 0.2) is 0 Å². The Morgan fingerprint density at radius 1 is 0.320 bits per heavy atom. The summed E-state index contributed by atoms with van der Waals surface area (Å²) < 4.78 is 4.66. The summed E-state index contributed by atoms with van der Waals surface area (Å²) >= 11 is 0. The number of hydrogen-bond acceptors (Lipinski definition) is 3. The van der Waals surface area contributed by atoms with Crippen molar-refractivity contribution in [2.75, 3.05) is 0 Å². The first-order valence-corrected chi connectivity index (χ1v) is 16.8. The van der Waals surface area contributed by atoms with Crippen molar-refractivity contribution in [3.05, 3.63) is 176 Å². The molecule has 0 unspecified atom stereocenters. The highest BCUT2D eigenvalue weighted by molar-refractivity contribution is 6.11. The second kappa shape index (κ2) is 11.4. The Bertz CT molecular complexity index is 2800. The van der Waals surface area contributed by atoms with Crippen LogP contribution in [0.1, 0.15) is 0 Å². The van der Waals surface area contributed by atoms with Crippen LogP contribution in [0, 0.1) is 0 Å². The minimum absolute atomic E-state index is 0.906. The van der Waals surface area contributed by atoms with Crippen molar-refractivity contribution >= 4 is 43.7 Å². The first-order valence-electron chi connectivity index (χ1n) is 16.8. The monoisotopic (exact) mass is 639 g/mol. The van der Waals surface area contributed by atoms with Gasteiger partial charge in [0.05, 0.1) is 27.9 Å². The lowest BCUT2D eigenvalue weighted by Crippen LogP contribution is -1.98. The lowest BCUT2D eigenvalue weighted by atomic mass is 10.0. The largest absolute Gasteiger partial charge is 0.309 e. The lowest BCUT2D eigenvalue weighted by molar-refractivity contribution is 1.13. The summed E-state index contributed by atoms with van der Waals surface area (Å²) in [5.74, 6) is 0. The molecule has 0 saturated carbocycles. The molecule has 5 aromatic carbocycles. The maximum absolute atomic E-state index is 4.94. The van der Waals surface area contributed by atoms with Gasteiger partial charge in [0.1, 0.15) is 5.65 Å². The fourth-order valence-corrected chi connectivity index (χ4v) is 7.39. The van der Waals surface area contributed by atoms with Crippen molar-refractivity contribution < 1.29 is 0 Å². The van der Waals surface area contributed by atoms with E-state index in [4.69, 9.17) is 15.0 Å².